The van der Waals surface area contributed by atoms with Crippen molar-refractivity contribution in [3.8, 4) is 0 Å². The van der Waals surface area contributed by atoms with E-state index in [-0.39, 0.29) is 11.9 Å². The summed E-state index contributed by atoms with van der Waals surface area (Å²) in [5.41, 5.74) is 1.21. The molecule has 1 aromatic heterocycles. The minimum absolute atomic E-state index is 0.0424. The number of H-pyrrole nitrogens is 1. The molecule has 2 aromatic rings. The molecule has 1 aliphatic rings. The van der Waals surface area contributed by atoms with Crippen molar-refractivity contribution in [3.05, 3.63) is 18.2 Å². The van der Waals surface area contributed by atoms with Gasteiger partial charge in [-0.25, -0.2) is 9.78 Å². The molecule has 2 atom stereocenters. The Morgan fingerprint density at radius 3 is 2.95 bits per heavy atom. The van der Waals surface area contributed by atoms with E-state index in [1.54, 1.807) is 18.2 Å². The van der Waals surface area contributed by atoms with E-state index in [1.165, 1.54) is 0 Å². The third-order valence-electron chi connectivity index (χ3n) is 3.25. The topological polar surface area (TPSA) is 101 Å². The molecule has 1 amide bonds. The third-order valence-corrected chi connectivity index (χ3v) is 5.66. The number of carboxylic acid groups (broad SMARTS) is 1. The largest absolute Gasteiger partial charge is 0.611 e. The number of alkyl halides is 2. The number of carbonyl (C=O) groups is 1. The van der Waals surface area contributed by atoms with Crippen LogP contribution in [0.2, 0.25) is 0 Å². The molecule has 3 N–H and O–H groups in total. The van der Waals surface area contributed by atoms with Crippen molar-refractivity contribution in [3.63, 3.8) is 0 Å². The van der Waals surface area contributed by atoms with Crippen molar-refractivity contribution in [1.82, 2.24) is 9.97 Å². The summed E-state index contributed by atoms with van der Waals surface area (Å²) in [6.07, 6.45) is -0.550. The molecule has 112 valence electrons. The number of amides is 1. The molecule has 3 rings (SSSR count). The minimum atomic E-state index is -1.21. The van der Waals surface area contributed by atoms with Gasteiger partial charge in [0.25, 0.3) is 0 Å². The van der Waals surface area contributed by atoms with Crippen molar-refractivity contribution >= 4 is 57.5 Å². The Kier molecular flexibility index (Phi) is 3.69. The SMILES string of the molecule is O=C(O)Nc1nc2cc([S+]([O-])CC3CC3(Cl)Cl)ccc2[nH]1. The molecule has 0 bridgehead atoms. The number of imidazole rings is 1. The molecule has 1 fully saturated rings. The van der Waals surface area contributed by atoms with Gasteiger partial charge in [0.15, 0.2) is 4.90 Å². The summed E-state index contributed by atoms with van der Waals surface area (Å²) in [7, 11) is 0. The number of hydrogen-bond acceptors (Lipinski definition) is 3. The van der Waals surface area contributed by atoms with Gasteiger partial charge in [-0.2, -0.15) is 0 Å². The van der Waals surface area contributed by atoms with Crippen LogP contribution in [0.4, 0.5) is 10.7 Å². The van der Waals surface area contributed by atoms with Crippen molar-refractivity contribution in [1.29, 1.82) is 0 Å². The maximum absolute atomic E-state index is 12.3. The van der Waals surface area contributed by atoms with Crippen LogP contribution in [0.15, 0.2) is 23.1 Å². The highest BCUT2D eigenvalue weighted by molar-refractivity contribution is 7.91. The number of hydrogen-bond donors (Lipinski definition) is 3. The zero-order valence-corrected chi connectivity index (χ0v) is 12.9. The summed E-state index contributed by atoms with van der Waals surface area (Å²) >= 11 is 10.7. The van der Waals surface area contributed by atoms with Crippen molar-refractivity contribution in [2.24, 2.45) is 5.92 Å². The van der Waals surface area contributed by atoms with Crippen molar-refractivity contribution in [2.45, 2.75) is 15.6 Å². The molecular formula is C12H11Cl2N3O3S. The Morgan fingerprint density at radius 2 is 2.33 bits per heavy atom. The Bertz CT molecular complexity index is 706. The lowest BCUT2D eigenvalue weighted by Crippen LogP contribution is -2.11. The fraction of sp³-hybridized carbons (Fsp3) is 0.333. The first kappa shape index (κ1) is 14.8. The lowest BCUT2D eigenvalue weighted by molar-refractivity contribution is 0.209. The second kappa shape index (κ2) is 5.24. The second-order valence-corrected chi connectivity index (χ2v) is 7.91. The maximum atomic E-state index is 12.3. The van der Waals surface area contributed by atoms with Gasteiger partial charge in [0.2, 0.25) is 5.95 Å². The van der Waals surface area contributed by atoms with Gasteiger partial charge in [-0.1, -0.05) is 0 Å². The highest BCUT2D eigenvalue weighted by Crippen LogP contribution is 2.54. The monoisotopic (exact) mass is 347 g/mol. The molecule has 1 aliphatic carbocycles. The summed E-state index contributed by atoms with van der Waals surface area (Å²) in [5.74, 6) is 0.576. The molecular weight excluding hydrogens is 337 g/mol. The van der Waals surface area contributed by atoms with Crippen LogP contribution >= 0.6 is 23.2 Å². The first-order valence-electron chi connectivity index (χ1n) is 6.11. The Morgan fingerprint density at radius 1 is 1.62 bits per heavy atom. The van der Waals surface area contributed by atoms with Gasteiger partial charge in [-0.15, -0.1) is 23.2 Å². The van der Waals surface area contributed by atoms with Crippen LogP contribution in [0.5, 0.6) is 0 Å². The predicted octanol–water partition coefficient (Wildman–Crippen LogP) is 2.95. The molecule has 0 saturated heterocycles. The zero-order chi connectivity index (χ0) is 15.2. The van der Waals surface area contributed by atoms with Gasteiger partial charge in [0, 0.05) is 12.0 Å². The third kappa shape index (κ3) is 3.21. The molecule has 2 unspecified atom stereocenters. The van der Waals surface area contributed by atoms with Crippen LogP contribution in [0.25, 0.3) is 11.0 Å². The average Bonchev–Trinajstić information content (AvgIpc) is 2.82. The van der Waals surface area contributed by atoms with Crippen LogP contribution in [0.1, 0.15) is 6.42 Å². The average molecular weight is 348 g/mol. The van der Waals surface area contributed by atoms with Gasteiger partial charge in [0.1, 0.15) is 10.1 Å². The molecule has 0 aliphatic heterocycles. The summed E-state index contributed by atoms with van der Waals surface area (Å²) in [6.45, 7) is 0. The Labute approximate surface area is 133 Å². The number of nitrogens with one attached hydrogen (secondary N) is 2. The molecule has 9 heteroatoms. The van der Waals surface area contributed by atoms with E-state index in [2.05, 4.69) is 15.3 Å². The van der Waals surface area contributed by atoms with Crippen molar-refractivity contribution in [2.75, 3.05) is 11.1 Å². The summed E-state index contributed by atoms with van der Waals surface area (Å²) in [6, 6.07) is 5.10. The Hall–Kier alpha value is -1.15. The fourth-order valence-corrected chi connectivity index (χ4v) is 4.15. The molecule has 1 heterocycles. The van der Waals surface area contributed by atoms with Crippen LogP contribution in [-0.2, 0) is 11.2 Å². The number of aromatic nitrogens is 2. The first-order chi connectivity index (χ1) is 9.85. The van der Waals surface area contributed by atoms with Gasteiger partial charge in [-0.05, 0) is 29.7 Å². The number of halogens is 2. The van der Waals surface area contributed by atoms with E-state index in [0.29, 0.717) is 28.1 Å². The highest BCUT2D eigenvalue weighted by atomic mass is 35.5. The van der Waals surface area contributed by atoms with E-state index >= 15 is 0 Å². The zero-order valence-electron chi connectivity index (χ0n) is 10.6. The summed E-state index contributed by atoms with van der Waals surface area (Å²) in [5, 5.41) is 10.8. The van der Waals surface area contributed by atoms with Gasteiger partial charge in [0.05, 0.1) is 11.0 Å². The van der Waals surface area contributed by atoms with Gasteiger partial charge in [-0.3, -0.25) is 5.32 Å². The van der Waals surface area contributed by atoms with E-state index in [1.807, 2.05) is 0 Å². The van der Waals surface area contributed by atoms with E-state index in [0.717, 1.165) is 0 Å². The lowest BCUT2D eigenvalue weighted by Gasteiger charge is -2.10. The van der Waals surface area contributed by atoms with Gasteiger partial charge < -0.3 is 14.6 Å². The predicted molar refractivity (Wildman–Crippen MR) is 81.6 cm³/mol. The fourth-order valence-electron chi connectivity index (χ4n) is 2.02. The maximum Gasteiger partial charge on any atom is 0.411 e. The normalized spacial score (nSPS) is 21.2. The van der Waals surface area contributed by atoms with Gasteiger partial charge >= 0.3 is 6.09 Å². The molecule has 1 saturated carbocycles. The van der Waals surface area contributed by atoms with Crippen LogP contribution < -0.4 is 5.32 Å². The van der Waals surface area contributed by atoms with Crippen molar-refractivity contribution < 1.29 is 14.5 Å². The summed E-state index contributed by atoms with van der Waals surface area (Å²) < 4.78 is 11.5. The first-order valence-corrected chi connectivity index (χ1v) is 8.18. The molecule has 0 spiro atoms. The molecule has 0 radical (unpaired) electrons. The number of benzene rings is 1. The summed E-state index contributed by atoms with van der Waals surface area (Å²) in [4.78, 5) is 18.1. The van der Waals surface area contributed by atoms with E-state index < -0.39 is 21.6 Å². The Balaban J connectivity index is 1.78. The molecule has 6 nitrogen and oxygen atoms in total. The minimum Gasteiger partial charge on any atom is -0.611 e. The number of fused-ring (bicyclic) bond motifs is 1. The molecule has 21 heavy (non-hydrogen) atoms. The standard InChI is InChI=1S/C12H11Cl2N3O3S/c13-12(14)4-6(12)5-21(20)7-1-2-8-9(3-7)16-10(15-8)17-11(18)19/h1-3,6H,4-5H2,(H,18,19)(H2,15,16,17). The van der Waals surface area contributed by atoms with Crippen LogP contribution in [0, 0.1) is 5.92 Å². The van der Waals surface area contributed by atoms with E-state index in [4.69, 9.17) is 28.3 Å². The smallest absolute Gasteiger partial charge is 0.411 e. The molecule has 1 aromatic carbocycles. The second-order valence-electron chi connectivity index (χ2n) is 4.87. The quantitative estimate of drug-likeness (QED) is 0.584. The van der Waals surface area contributed by atoms with Crippen LogP contribution in [-0.4, -0.2) is 35.8 Å². The number of aromatic amines is 1. The lowest BCUT2D eigenvalue weighted by atomic mass is 10.3. The number of rotatable bonds is 4. The van der Waals surface area contributed by atoms with E-state index in [9.17, 15) is 9.35 Å². The number of nitrogens with zero attached hydrogens (tertiary/aromatic N) is 1. The van der Waals surface area contributed by atoms with Crippen LogP contribution in [0.3, 0.4) is 0 Å². The highest BCUT2D eigenvalue weighted by Gasteiger charge is 2.54. The number of anilines is 1.